The van der Waals surface area contributed by atoms with Crippen LogP contribution in [-0.4, -0.2) is 29.0 Å². The lowest BCUT2D eigenvalue weighted by molar-refractivity contribution is 0.494. The lowest BCUT2D eigenvalue weighted by Crippen LogP contribution is -2.38. The van der Waals surface area contributed by atoms with Crippen LogP contribution >= 0.6 is 0 Å². The fourth-order valence-corrected chi connectivity index (χ4v) is 4.42. The van der Waals surface area contributed by atoms with Crippen molar-refractivity contribution in [1.29, 1.82) is 0 Å². The second kappa shape index (κ2) is 4.42. The van der Waals surface area contributed by atoms with E-state index in [4.69, 9.17) is 5.73 Å². The SMILES string of the molecule is Cc1ncc(C(N)C2CCCCS2(=O)=O)n1C. The summed E-state index contributed by atoms with van der Waals surface area (Å²) in [6.45, 7) is 1.88. The first-order valence-electron chi connectivity index (χ1n) is 5.89. The molecule has 1 aromatic heterocycles. The van der Waals surface area contributed by atoms with Gasteiger partial charge in [0.2, 0.25) is 0 Å². The smallest absolute Gasteiger partial charge is 0.155 e. The number of nitrogens with two attached hydrogens (primary N) is 1. The highest BCUT2D eigenvalue weighted by Crippen LogP contribution is 2.29. The summed E-state index contributed by atoms with van der Waals surface area (Å²) in [6, 6.07) is -0.466. The molecule has 2 N–H and O–H groups in total. The quantitative estimate of drug-likeness (QED) is 0.845. The van der Waals surface area contributed by atoms with Gasteiger partial charge in [-0.1, -0.05) is 6.42 Å². The molecule has 1 saturated heterocycles. The highest BCUT2D eigenvalue weighted by molar-refractivity contribution is 7.92. The van der Waals surface area contributed by atoms with Crippen LogP contribution in [-0.2, 0) is 16.9 Å². The summed E-state index contributed by atoms with van der Waals surface area (Å²) < 4.78 is 25.9. The Morgan fingerprint density at radius 1 is 1.53 bits per heavy atom. The third-order valence-corrected chi connectivity index (χ3v) is 5.94. The molecule has 1 fully saturated rings. The predicted molar refractivity (Wildman–Crippen MR) is 66.3 cm³/mol. The Bertz CT molecular complexity index is 507. The Labute approximate surface area is 102 Å². The summed E-state index contributed by atoms with van der Waals surface area (Å²) in [7, 11) is -1.18. The molecule has 0 spiro atoms. The Hall–Kier alpha value is -0.880. The number of nitrogens with zero attached hydrogens (tertiary/aromatic N) is 2. The van der Waals surface area contributed by atoms with E-state index in [2.05, 4.69) is 4.98 Å². The maximum atomic E-state index is 12.0. The predicted octanol–water partition coefficient (Wildman–Crippen LogP) is 0.696. The number of imidazole rings is 1. The first-order chi connectivity index (χ1) is 7.93. The maximum absolute atomic E-state index is 12.0. The van der Waals surface area contributed by atoms with Crippen molar-refractivity contribution in [2.45, 2.75) is 37.5 Å². The number of rotatable bonds is 2. The summed E-state index contributed by atoms with van der Waals surface area (Å²) in [5.41, 5.74) is 6.92. The largest absolute Gasteiger partial charge is 0.334 e. The van der Waals surface area contributed by atoms with Crippen LogP contribution in [0.3, 0.4) is 0 Å². The molecule has 1 aromatic rings. The Balaban J connectivity index is 2.31. The van der Waals surface area contributed by atoms with Gasteiger partial charge in [0.15, 0.2) is 9.84 Å². The fourth-order valence-electron chi connectivity index (χ4n) is 2.40. The lowest BCUT2D eigenvalue weighted by Gasteiger charge is -2.27. The third kappa shape index (κ3) is 2.24. The van der Waals surface area contributed by atoms with Gasteiger partial charge in [-0.2, -0.15) is 0 Å². The number of aromatic nitrogens is 2. The van der Waals surface area contributed by atoms with Gasteiger partial charge in [-0.25, -0.2) is 13.4 Å². The Morgan fingerprint density at radius 3 is 2.76 bits per heavy atom. The molecule has 0 bridgehead atoms. The van der Waals surface area contributed by atoms with Crippen LogP contribution in [0, 0.1) is 6.92 Å². The van der Waals surface area contributed by atoms with Crippen molar-refractivity contribution >= 4 is 9.84 Å². The van der Waals surface area contributed by atoms with E-state index in [0.717, 1.165) is 24.4 Å². The van der Waals surface area contributed by atoms with Crippen molar-refractivity contribution in [3.8, 4) is 0 Å². The molecule has 0 aromatic carbocycles. The van der Waals surface area contributed by atoms with Crippen molar-refractivity contribution < 1.29 is 8.42 Å². The van der Waals surface area contributed by atoms with Gasteiger partial charge in [0.05, 0.1) is 28.9 Å². The fraction of sp³-hybridized carbons (Fsp3) is 0.727. The van der Waals surface area contributed by atoms with E-state index in [1.54, 1.807) is 6.20 Å². The Morgan fingerprint density at radius 2 is 2.24 bits per heavy atom. The zero-order valence-electron chi connectivity index (χ0n) is 10.3. The molecule has 1 aliphatic heterocycles. The average Bonchev–Trinajstić information content (AvgIpc) is 2.58. The van der Waals surface area contributed by atoms with Crippen molar-refractivity contribution in [2.75, 3.05) is 5.75 Å². The van der Waals surface area contributed by atoms with Crippen molar-refractivity contribution in [1.82, 2.24) is 9.55 Å². The molecule has 2 rings (SSSR count). The molecule has 6 heteroatoms. The van der Waals surface area contributed by atoms with E-state index in [-0.39, 0.29) is 5.75 Å². The molecule has 2 heterocycles. The molecule has 5 nitrogen and oxygen atoms in total. The normalized spacial score (nSPS) is 25.7. The van der Waals surface area contributed by atoms with Crippen LogP contribution in [0.4, 0.5) is 0 Å². The summed E-state index contributed by atoms with van der Waals surface area (Å²) in [5, 5.41) is -0.453. The van der Waals surface area contributed by atoms with Gasteiger partial charge in [0, 0.05) is 7.05 Å². The second-order valence-corrected chi connectivity index (χ2v) is 7.06. The molecule has 2 atom stereocenters. The zero-order valence-corrected chi connectivity index (χ0v) is 11.1. The van der Waals surface area contributed by atoms with Crippen LogP contribution in [0.5, 0.6) is 0 Å². The van der Waals surface area contributed by atoms with Crippen LogP contribution in [0.1, 0.15) is 36.8 Å². The van der Waals surface area contributed by atoms with Gasteiger partial charge in [0.1, 0.15) is 5.82 Å². The van der Waals surface area contributed by atoms with Crippen LogP contribution in [0.25, 0.3) is 0 Å². The van der Waals surface area contributed by atoms with Crippen LogP contribution < -0.4 is 5.73 Å². The maximum Gasteiger partial charge on any atom is 0.155 e. The molecule has 2 unspecified atom stereocenters. The van der Waals surface area contributed by atoms with Gasteiger partial charge >= 0.3 is 0 Å². The average molecular weight is 257 g/mol. The monoisotopic (exact) mass is 257 g/mol. The Kier molecular flexibility index (Phi) is 3.27. The molecular weight excluding hydrogens is 238 g/mol. The highest BCUT2D eigenvalue weighted by atomic mass is 32.2. The van der Waals surface area contributed by atoms with Crippen molar-refractivity contribution in [3.63, 3.8) is 0 Å². The van der Waals surface area contributed by atoms with E-state index in [1.165, 1.54) is 0 Å². The van der Waals surface area contributed by atoms with E-state index >= 15 is 0 Å². The first-order valence-corrected chi connectivity index (χ1v) is 7.60. The van der Waals surface area contributed by atoms with Gasteiger partial charge in [-0.15, -0.1) is 0 Å². The minimum atomic E-state index is -3.04. The molecule has 0 aliphatic carbocycles. The minimum Gasteiger partial charge on any atom is -0.334 e. The van der Waals surface area contributed by atoms with Crippen molar-refractivity contribution in [3.05, 3.63) is 17.7 Å². The molecule has 17 heavy (non-hydrogen) atoms. The minimum absolute atomic E-state index is 0.266. The van der Waals surface area contributed by atoms with Gasteiger partial charge in [0.25, 0.3) is 0 Å². The van der Waals surface area contributed by atoms with Crippen LogP contribution in [0.2, 0.25) is 0 Å². The molecule has 0 saturated carbocycles. The standard InChI is InChI=1S/C11H19N3O2S/c1-8-13-7-9(14(8)2)11(12)10-5-3-4-6-17(10,15)16/h7,10-11H,3-6,12H2,1-2H3. The zero-order chi connectivity index (χ0) is 12.6. The van der Waals surface area contributed by atoms with Gasteiger partial charge < -0.3 is 10.3 Å². The van der Waals surface area contributed by atoms with Gasteiger partial charge in [-0.05, 0) is 19.8 Å². The van der Waals surface area contributed by atoms with E-state index < -0.39 is 21.1 Å². The first kappa shape index (κ1) is 12.6. The van der Waals surface area contributed by atoms with Crippen molar-refractivity contribution in [2.24, 2.45) is 12.8 Å². The number of aryl methyl sites for hydroxylation is 1. The number of sulfone groups is 1. The lowest BCUT2D eigenvalue weighted by atomic mass is 10.1. The van der Waals surface area contributed by atoms with E-state index in [9.17, 15) is 8.42 Å². The highest BCUT2D eigenvalue weighted by Gasteiger charge is 2.35. The second-order valence-electron chi connectivity index (χ2n) is 4.72. The molecule has 0 radical (unpaired) electrons. The van der Waals surface area contributed by atoms with Gasteiger partial charge in [-0.3, -0.25) is 0 Å². The number of hydrogen-bond donors (Lipinski definition) is 1. The topological polar surface area (TPSA) is 78.0 Å². The molecule has 0 amide bonds. The summed E-state index contributed by atoms with van der Waals surface area (Å²) in [4.78, 5) is 4.17. The molecular formula is C11H19N3O2S. The van der Waals surface area contributed by atoms with Crippen LogP contribution in [0.15, 0.2) is 6.20 Å². The summed E-state index contributed by atoms with van der Waals surface area (Å²) in [6.07, 6.45) is 4.04. The third-order valence-electron chi connectivity index (χ3n) is 3.63. The summed E-state index contributed by atoms with van der Waals surface area (Å²) >= 11 is 0. The van der Waals surface area contributed by atoms with E-state index in [1.807, 2.05) is 18.5 Å². The van der Waals surface area contributed by atoms with E-state index in [0.29, 0.717) is 6.42 Å². The molecule has 96 valence electrons. The molecule has 1 aliphatic rings. The summed E-state index contributed by atoms with van der Waals surface area (Å²) in [5.74, 6) is 1.12. The number of hydrogen-bond acceptors (Lipinski definition) is 4.